The molecule has 1 aromatic carbocycles. The highest BCUT2D eigenvalue weighted by atomic mass is 16.7. The molecule has 3 heterocycles. The van der Waals surface area contributed by atoms with Gasteiger partial charge in [0.1, 0.15) is 0 Å². The molecule has 0 saturated carbocycles. The molecule has 0 radical (unpaired) electrons. The van der Waals surface area contributed by atoms with E-state index in [0.717, 1.165) is 30.5 Å². The number of likely N-dealkylation sites (tertiary alicyclic amines) is 1. The van der Waals surface area contributed by atoms with Crippen molar-refractivity contribution < 1.29 is 9.31 Å². The lowest BCUT2D eigenvalue weighted by atomic mass is 9.79. The minimum atomic E-state index is -0.336. The van der Waals surface area contributed by atoms with Crippen molar-refractivity contribution in [2.75, 3.05) is 20.1 Å². The Balaban J connectivity index is 1.61. The van der Waals surface area contributed by atoms with Gasteiger partial charge >= 0.3 is 7.12 Å². The van der Waals surface area contributed by atoms with Crippen LogP contribution in [0.25, 0.3) is 10.9 Å². The zero-order chi connectivity index (χ0) is 18.7. The molecule has 140 valence electrons. The number of aromatic nitrogens is 2. The third-order valence-corrected chi connectivity index (χ3v) is 6.48. The molecule has 6 heteroatoms. The number of rotatable bonds is 2. The molecule has 0 bridgehead atoms. The predicted molar refractivity (Wildman–Crippen MR) is 106 cm³/mol. The van der Waals surface area contributed by atoms with Crippen LogP contribution in [0.1, 0.15) is 47.1 Å². The van der Waals surface area contributed by atoms with Crippen LogP contribution in [0.2, 0.25) is 0 Å². The summed E-state index contributed by atoms with van der Waals surface area (Å²) in [5.41, 5.74) is 1.41. The summed E-state index contributed by atoms with van der Waals surface area (Å²) in [4.78, 5) is 2.40. The molecule has 2 aliphatic heterocycles. The van der Waals surface area contributed by atoms with E-state index in [1.54, 1.807) is 0 Å². The van der Waals surface area contributed by atoms with Crippen LogP contribution in [0.3, 0.4) is 0 Å². The number of nitrogens with zero attached hydrogens (tertiary/aromatic N) is 3. The summed E-state index contributed by atoms with van der Waals surface area (Å²) in [6.07, 6.45) is 3.34. The van der Waals surface area contributed by atoms with Gasteiger partial charge in [0.15, 0.2) is 0 Å². The maximum atomic E-state index is 6.19. The van der Waals surface area contributed by atoms with Crippen LogP contribution in [-0.2, 0) is 9.31 Å². The van der Waals surface area contributed by atoms with Crippen LogP contribution in [0.15, 0.2) is 24.4 Å². The Hall–Kier alpha value is -1.37. The Kier molecular flexibility index (Phi) is 4.21. The second-order valence-electron chi connectivity index (χ2n) is 9.11. The highest BCUT2D eigenvalue weighted by Crippen LogP contribution is 2.36. The lowest BCUT2D eigenvalue weighted by Crippen LogP contribution is -2.41. The van der Waals surface area contributed by atoms with Crippen molar-refractivity contribution >= 4 is 23.5 Å². The van der Waals surface area contributed by atoms with Crippen molar-refractivity contribution in [2.45, 2.75) is 58.3 Å². The van der Waals surface area contributed by atoms with Crippen LogP contribution in [0, 0.1) is 5.92 Å². The topological polar surface area (TPSA) is 39.5 Å². The van der Waals surface area contributed by atoms with Crippen LogP contribution in [0.4, 0.5) is 0 Å². The maximum absolute atomic E-state index is 6.19. The zero-order valence-corrected chi connectivity index (χ0v) is 16.8. The molecule has 2 saturated heterocycles. The van der Waals surface area contributed by atoms with Gasteiger partial charge in [0.05, 0.1) is 22.8 Å². The van der Waals surface area contributed by atoms with Crippen molar-refractivity contribution in [1.82, 2.24) is 14.7 Å². The number of piperidine rings is 1. The van der Waals surface area contributed by atoms with Gasteiger partial charge in [-0.15, -0.1) is 0 Å². The van der Waals surface area contributed by atoms with Crippen molar-refractivity contribution in [3.63, 3.8) is 0 Å². The molecule has 26 heavy (non-hydrogen) atoms. The summed E-state index contributed by atoms with van der Waals surface area (Å²) in [5, 5.41) is 6.08. The van der Waals surface area contributed by atoms with Gasteiger partial charge < -0.3 is 14.2 Å². The van der Waals surface area contributed by atoms with Crippen LogP contribution in [-0.4, -0.2) is 53.1 Å². The maximum Gasteiger partial charge on any atom is 0.494 e. The SMILES string of the molecule is CC1CN(C)CCC1n1cc2ccc(B3OC(C)(C)C(C)(C)O3)cc2n1. The third kappa shape index (κ3) is 2.98. The molecular weight excluding hydrogens is 325 g/mol. The highest BCUT2D eigenvalue weighted by Gasteiger charge is 2.51. The first-order valence-electron chi connectivity index (χ1n) is 9.69. The number of hydrogen-bond donors (Lipinski definition) is 0. The van der Waals surface area contributed by atoms with Gasteiger partial charge in [0.25, 0.3) is 0 Å². The van der Waals surface area contributed by atoms with Crippen LogP contribution in [0.5, 0.6) is 0 Å². The minimum absolute atomic E-state index is 0.324. The van der Waals surface area contributed by atoms with E-state index in [1.165, 1.54) is 5.39 Å². The highest BCUT2D eigenvalue weighted by molar-refractivity contribution is 6.62. The molecule has 2 aliphatic rings. The standard InChI is InChI=1S/C20H30BN3O2/c1-14-12-23(6)10-9-18(14)24-13-15-7-8-16(11-17(15)22-24)21-25-19(2,3)20(4,5)26-21/h7-8,11,13-14,18H,9-10,12H2,1-6H3. The molecule has 0 spiro atoms. The smallest absolute Gasteiger partial charge is 0.399 e. The van der Waals surface area contributed by atoms with Gasteiger partial charge in [-0.25, -0.2) is 0 Å². The molecular formula is C20H30BN3O2. The van der Waals surface area contributed by atoms with Gasteiger partial charge in [-0.2, -0.15) is 5.10 Å². The Morgan fingerprint density at radius 1 is 1.15 bits per heavy atom. The second kappa shape index (κ2) is 6.08. The summed E-state index contributed by atoms with van der Waals surface area (Å²) < 4.78 is 14.6. The molecule has 0 aliphatic carbocycles. The first-order chi connectivity index (χ1) is 12.2. The zero-order valence-electron chi connectivity index (χ0n) is 16.8. The number of benzene rings is 1. The van der Waals surface area contributed by atoms with E-state index >= 15 is 0 Å². The largest absolute Gasteiger partial charge is 0.494 e. The minimum Gasteiger partial charge on any atom is -0.399 e. The van der Waals surface area contributed by atoms with Gasteiger partial charge in [-0.05, 0) is 65.2 Å². The Labute approximate surface area is 156 Å². The molecule has 2 unspecified atom stereocenters. The normalized spacial score (nSPS) is 28.8. The van der Waals surface area contributed by atoms with Crippen molar-refractivity contribution in [3.8, 4) is 0 Å². The van der Waals surface area contributed by atoms with Gasteiger partial charge in [-0.3, -0.25) is 4.68 Å². The van der Waals surface area contributed by atoms with E-state index in [0.29, 0.717) is 12.0 Å². The Morgan fingerprint density at radius 3 is 2.50 bits per heavy atom. The molecule has 2 atom stereocenters. The van der Waals surface area contributed by atoms with E-state index in [1.807, 2.05) is 0 Å². The first kappa shape index (κ1) is 18.0. The second-order valence-corrected chi connectivity index (χ2v) is 9.11. The summed E-state index contributed by atoms with van der Waals surface area (Å²) >= 11 is 0. The fourth-order valence-corrected chi connectivity index (χ4v) is 4.08. The number of fused-ring (bicyclic) bond motifs is 1. The fourth-order valence-electron chi connectivity index (χ4n) is 4.08. The summed E-state index contributed by atoms with van der Waals surface area (Å²) in [6, 6.07) is 6.83. The van der Waals surface area contributed by atoms with Crippen LogP contribution < -0.4 is 5.46 Å². The molecule has 1 aromatic heterocycles. The van der Waals surface area contributed by atoms with E-state index in [9.17, 15) is 0 Å². The molecule has 0 amide bonds. The van der Waals surface area contributed by atoms with E-state index in [4.69, 9.17) is 14.4 Å². The van der Waals surface area contributed by atoms with E-state index in [-0.39, 0.29) is 18.3 Å². The lowest BCUT2D eigenvalue weighted by Gasteiger charge is -2.34. The summed E-state index contributed by atoms with van der Waals surface area (Å²) in [6.45, 7) is 12.9. The van der Waals surface area contributed by atoms with Crippen molar-refractivity contribution in [1.29, 1.82) is 0 Å². The van der Waals surface area contributed by atoms with Crippen molar-refractivity contribution in [3.05, 3.63) is 24.4 Å². The van der Waals surface area contributed by atoms with Gasteiger partial charge in [0.2, 0.25) is 0 Å². The van der Waals surface area contributed by atoms with Crippen molar-refractivity contribution in [2.24, 2.45) is 5.92 Å². The monoisotopic (exact) mass is 355 g/mol. The van der Waals surface area contributed by atoms with E-state index in [2.05, 4.69) is 75.6 Å². The number of hydrogen-bond acceptors (Lipinski definition) is 4. The Bertz CT molecular complexity index is 800. The molecule has 0 N–H and O–H groups in total. The Morgan fingerprint density at radius 2 is 1.85 bits per heavy atom. The average Bonchev–Trinajstić information content (AvgIpc) is 3.04. The quantitative estimate of drug-likeness (QED) is 0.777. The molecule has 2 aromatic rings. The van der Waals surface area contributed by atoms with Gasteiger partial charge in [-0.1, -0.05) is 19.1 Å². The summed E-state index contributed by atoms with van der Waals surface area (Å²) in [5.74, 6) is 0.602. The first-order valence-corrected chi connectivity index (χ1v) is 9.69. The molecule has 5 nitrogen and oxygen atoms in total. The predicted octanol–water partition coefficient (Wildman–Crippen LogP) is 2.85. The lowest BCUT2D eigenvalue weighted by molar-refractivity contribution is 0.00578. The third-order valence-electron chi connectivity index (χ3n) is 6.48. The summed E-state index contributed by atoms with van der Waals surface area (Å²) in [7, 11) is 1.86. The van der Waals surface area contributed by atoms with Crippen LogP contribution >= 0.6 is 0 Å². The molecule has 4 rings (SSSR count). The fraction of sp³-hybridized carbons (Fsp3) is 0.650. The molecule has 2 fully saturated rings. The average molecular weight is 355 g/mol. The van der Waals surface area contributed by atoms with Gasteiger partial charge in [0, 0.05) is 18.1 Å². The van der Waals surface area contributed by atoms with E-state index < -0.39 is 0 Å².